The fraction of sp³-hybridized carbons (Fsp3) is 1.00. The summed E-state index contributed by atoms with van der Waals surface area (Å²) in [5, 5.41) is 3.94. The highest BCUT2D eigenvalue weighted by Crippen LogP contribution is 2.60. The van der Waals surface area contributed by atoms with Crippen LogP contribution in [0.25, 0.3) is 0 Å². The Kier molecular flexibility index (Phi) is 3.71. The van der Waals surface area contributed by atoms with Crippen LogP contribution >= 0.6 is 0 Å². The minimum Gasteiger partial charge on any atom is -0.313 e. The van der Waals surface area contributed by atoms with Crippen LogP contribution in [0.3, 0.4) is 0 Å². The number of nitrogens with one attached hydrogen (secondary N) is 1. The molecule has 3 rings (SSSR count). The SMILES string of the molecule is CCC(C)(C)C1CCC(NCC2(C3CC3)CC2)CC1. The maximum absolute atomic E-state index is 3.94. The minimum absolute atomic E-state index is 0.566. The predicted octanol–water partition coefficient (Wildman–Crippen LogP) is 4.76. The Hall–Kier alpha value is -0.0400. The first-order valence-electron chi connectivity index (χ1n) is 8.79. The van der Waals surface area contributed by atoms with Crippen LogP contribution in [0.2, 0.25) is 0 Å². The predicted molar refractivity (Wildman–Crippen MR) is 82.2 cm³/mol. The van der Waals surface area contributed by atoms with Crippen molar-refractivity contribution in [3.63, 3.8) is 0 Å². The zero-order valence-electron chi connectivity index (χ0n) is 13.3. The van der Waals surface area contributed by atoms with Gasteiger partial charge in [-0.2, -0.15) is 0 Å². The molecule has 0 saturated heterocycles. The smallest absolute Gasteiger partial charge is 0.00675 e. The van der Waals surface area contributed by atoms with Gasteiger partial charge in [0.25, 0.3) is 0 Å². The largest absolute Gasteiger partial charge is 0.313 e. The van der Waals surface area contributed by atoms with E-state index in [1.165, 1.54) is 64.3 Å². The molecule has 0 bridgehead atoms. The van der Waals surface area contributed by atoms with E-state index >= 15 is 0 Å². The quantitative estimate of drug-likeness (QED) is 0.728. The maximum atomic E-state index is 3.94. The Labute approximate surface area is 119 Å². The highest BCUT2D eigenvalue weighted by molar-refractivity contribution is 5.05. The third kappa shape index (κ3) is 3.01. The molecule has 0 aliphatic heterocycles. The summed E-state index contributed by atoms with van der Waals surface area (Å²) in [6.45, 7) is 8.64. The molecule has 0 aromatic rings. The summed E-state index contributed by atoms with van der Waals surface area (Å²) in [6, 6.07) is 0.833. The first-order valence-corrected chi connectivity index (χ1v) is 8.79. The van der Waals surface area contributed by atoms with Crippen molar-refractivity contribution in [2.45, 2.75) is 84.6 Å². The molecule has 19 heavy (non-hydrogen) atoms. The Morgan fingerprint density at radius 2 is 1.63 bits per heavy atom. The third-order valence-corrected chi connectivity index (χ3v) is 6.82. The fourth-order valence-electron chi connectivity index (χ4n) is 4.30. The van der Waals surface area contributed by atoms with Crippen LogP contribution < -0.4 is 5.32 Å². The standard InChI is InChI=1S/C18H33N/c1-4-17(2,3)14-7-9-16(10-8-14)19-13-18(11-12-18)15-5-6-15/h14-16,19H,4-13H2,1-3H3. The van der Waals surface area contributed by atoms with E-state index in [-0.39, 0.29) is 0 Å². The van der Waals surface area contributed by atoms with Crippen molar-refractivity contribution in [2.75, 3.05) is 6.54 Å². The van der Waals surface area contributed by atoms with Gasteiger partial charge >= 0.3 is 0 Å². The van der Waals surface area contributed by atoms with Crippen LogP contribution in [0.1, 0.15) is 78.6 Å². The van der Waals surface area contributed by atoms with E-state index in [1.54, 1.807) is 0 Å². The average Bonchev–Trinajstić information content (AvgIpc) is 3.29. The summed E-state index contributed by atoms with van der Waals surface area (Å²) < 4.78 is 0. The van der Waals surface area contributed by atoms with Gasteiger partial charge in [-0.25, -0.2) is 0 Å². The Balaban J connectivity index is 1.41. The molecule has 0 aromatic carbocycles. The molecule has 110 valence electrons. The lowest BCUT2D eigenvalue weighted by atomic mass is 9.69. The third-order valence-electron chi connectivity index (χ3n) is 6.82. The van der Waals surface area contributed by atoms with Gasteiger partial charge in [-0.15, -0.1) is 0 Å². The lowest BCUT2D eigenvalue weighted by Gasteiger charge is -2.39. The topological polar surface area (TPSA) is 12.0 Å². The van der Waals surface area contributed by atoms with Gasteiger partial charge in [-0.1, -0.05) is 27.2 Å². The fourth-order valence-corrected chi connectivity index (χ4v) is 4.30. The maximum Gasteiger partial charge on any atom is 0.00675 e. The highest BCUT2D eigenvalue weighted by atomic mass is 14.9. The van der Waals surface area contributed by atoms with Crippen LogP contribution in [-0.2, 0) is 0 Å². The van der Waals surface area contributed by atoms with Crippen LogP contribution in [-0.4, -0.2) is 12.6 Å². The van der Waals surface area contributed by atoms with Crippen LogP contribution in [0.4, 0.5) is 0 Å². The molecule has 0 atom stereocenters. The molecule has 3 fully saturated rings. The molecule has 3 aliphatic rings. The lowest BCUT2D eigenvalue weighted by molar-refractivity contribution is 0.135. The van der Waals surface area contributed by atoms with Crippen molar-refractivity contribution >= 4 is 0 Å². The zero-order chi connectivity index (χ0) is 13.5. The Bertz CT molecular complexity index is 304. The molecule has 1 heteroatoms. The monoisotopic (exact) mass is 263 g/mol. The van der Waals surface area contributed by atoms with E-state index in [0.29, 0.717) is 5.41 Å². The normalized spacial score (nSPS) is 34.3. The number of rotatable bonds is 6. The summed E-state index contributed by atoms with van der Waals surface area (Å²) in [7, 11) is 0. The molecule has 3 aliphatic carbocycles. The molecule has 1 N–H and O–H groups in total. The molecule has 1 nitrogen and oxygen atoms in total. The van der Waals surface area contributed by atoms with E-state index in [1.807, 2.05) is 0 Å². The molecule has 0 aromatic heterocycles. The molecular formula is C18H33N. The van der Waals surface area contributed by atoms with Gasteiger partial charge in [0.2, 0.25) is 0 Å². The van der Waals surface area contributed by atoms with Crippen LogP contribution in [0.15, 0.2) is 0 Å². The molecular weight excluding hydrogens is 230 g/mol. The first kappa shape index (κ1) is 13.9. The van der Waals surface area contributed by atoms with E-state index in [4.69, 9.17) is 0 Å². The number of hydrogen-bond donors (Lipinski definition) is 1. The van der Waals surface area contributed by atoms with Gasteiger partial charge in [0.15, 0.2) is 0 Å². The second-order valence-electron chi connectivity index (χ2n) is 8.41. The van der Waals surface area contributed by atoms with E-state index in [2.05, 4.69) is 26.1 Å². The minimum atomic E-state index is 0.566. The molecule has 0 heterocycles. The summed E-state index contributed by atoms with van der Waals surface area (Å²) in [5.41, 5.74) is 1.34. The summed E-state index contributed by atoms with van der Waals surface area (Å²) >= 11 is 0. The average molecular weight is 263 g/mol. The van der Waals surface area contributed by atoms with Gasteiger partial charge in [0.05, 0.1) is 0 Å². The van der Waals surface area contributed by atoms with Gasteiger partial charge in [0.1, 0.15) is 0 Å². The molecule has 0 unspecified atom stereocenters. The van der Waals surface area contributed by atoms with Crippen LogP contribution in [0, 0.1) is 22.7 Å². The summed E-state index contributed by atoms with van der Waals surface area (Å²) in [6.07, 6.45) is 13.2. The van der Waals surface area contributed by atoms with Gasteiger partial charge in [0, 0.05) is 12.6 Å². The van der Waals surface area contributed by atoms with Gasteiger partial charge < -0.3 is 5.32 Å². The van der Waals surface area contributed by atoms with Crippen molar-refractivity contribution in [1.29, 1.82) is 0 Å². The Morgan fingerprint density at radius 1 is 1.00 bits per heavy atom. The summed E-state index contributed by atoms with van der Waals surface area (Å²) in [4.78, 5) is 0. The van der Waals surface area contributed by atoms with Crippen molar-refractivity contribution in [1.82, 2.24) is 5.32 Å². The van der Waals surface area contributed by atoms with E-state index < -0.39 is 0 Å². The van der Waals surface area contributed by atoms with E-state index in [9.17, 15) is 0 Å². The lowest BCUT2D eigenvalue weighted by Crippen LogP contribution is -2.39. The second-order valence-corrected chi connectivity index (χ2v) is 8.41. The van der Waals surface area contributed by atoms with Crippen molar-refractivity contribution in [3.8, 4) is 0 Å². The molecule has 0 amide bonds. The molecule has 0 spiro atoms. The number of hydrogen-bond acceptors (Lipinski definition) is 1. The highest BCUT2D eigenvalue weighted by Gasteiger charge is 2.53. The van der Waals surface area contributed by atoms with Crippen molar-refractivity contribution in [2.24, 2.45) is 22.7 Å². The zero-order valence-corrected chi connectivity index (χ0v) is 13.3. The van der Waals surface area contributed by atoms with Crippen LogP contribution in [0.5, 0.6) is 0 Å². The van der Waals surface area contributed by atoms with Crippen molar-refractivity contribution in [3.05, 3.63) is 0 Å². The van der Waals surface area contributed by atoms with E-state index in [0.717, 1.165) is 23.3 Å². The van der Waals surface area contributed by atoms with Crippen molar-refractivity contribution < 1.29 is 0 Å². The molecule has 3 saturated carbocycles. The van der Waals surface area contributed by atoms with Gasteiger partial charge in [-0.3, -0.25) is 0 Å². The molecule has 0 radical (unpaired) electrons. The van der Waals surface area contributed by atoms with Gasteiger partial charge in [-0.05, 0) is 74.0 Å². The first-order chi connectivity index (χ1) is 9.06. The summed E-state index contributed by atoms with van der Waals surface area (Å²) in [5.74, 6) is 2.07. The Morgan fingerprint density at radius 3 is 2.11 bits per heavy atom. The second kappa shape index (κ2) is 5.06.